The van der Waals surface area contributed by atoms with Crippen molar-refractivity contribution >= 4 is 29.1 Å². The average Bonchev–Trinajstić information content (AvgIpc) is 3.05. The lowest BCUT2D eigenvalue weighted by Gasteiger charge is -2.28. The Balaban J connectivity index is 2.05. The molecule has 0 aromatic heterocycles. The molecule has 1 amide bonds. The lowest BCUT2D eigenvalue weighted by Crippen LogP contribution is -2.38. The van der Waals surface area contributed by atoms with Crippen LogP contribution in [-0.2, 0) is 9.59 Å². The fourth-order valence-electron chi connectivity index (χ4n) is 3.92. The van der Waals surface area contributed by atoms with Gasteiger partial charge < -0.3 is 19.6 Å². The van der Waals surface area contributed by atoms with Crippen LogP contribution in [0.4, 0.5) is 0 Å². The highest BCUT2D eigenvalue weighted by atomic mass is 35.5. The molecule has 0 spiro atoms. The number of ketones is 1. The fourth-order valence-corrected chi connectivity index (χ4v) is 4.05. The molecule has 170 valence electrons. The van der Waals surface area contributed by atoms with Crippen LogP contribution in [0.1, 0.15) is 37.9 Å². The summed E-state index contributed by atoms with van der Waals surface area (Å²) in [5.74, 6) is -0.824. The first-order valence-corrected chi connectivity index (χ1v) is 11.3. The number of amides is 1. The minimum Gasteiger partial charge on any atom is -0.507 e. The zero-order chi connectivity index (χ0) is 23.3. The molecule has 1 aliphatic rings. The number of aliphatic hydroxyl groups is 1. The number of hydrogen-bond donors (Lipinski definition) is 1. The minimum atomic E-state index is -0.686. The van der Waals surface area contributed by atoms with Gasteiger partial charge in [-0.2, -0.15) is 0 Å². The number of likely N-dealkylation sites (N-methyl/N-ethyl adjacent to an activating group) is 1. The summed E-state index contributed by atoms with van der Waals surface area (Å²) in [5.41, 5.74) is 1.26. The zero-order valence-corrected chi connectivity index (χ0v) is 19.4. The molecule has 32 heavy (non-hydrogen) atoms. The van der Waals surface area contributed by atoms with Crippen LogP contribution < -0.4 is 4.74 Å². The number of aliphatic hydroxyl groups excluding tert-OH is 1. The number of ether oxygens (including phenoxy) is 1. The van der Waals surface area contributed by atoms with Crippen LogP contribution in [-0.4, -0.2) is 59.4 Å². The summed E-state index contributed by atoms with van der Waals surface area (Å²) in [6.07, 6.45) is 0. The van der Waals surface area contributed by atoms with E-state index >= 15 is 0 Å². The lowest BCUT2D eigenvalue weighted by molar-refractivity contribution is -0.140. The fraction of sp³-hybridized carbons (Fsp3) is 0.360. The van der Waals surface area contributed by atoms with E-state index in [9.17, 15) is 14.7 Å². The van der Waals surface area contributed by atoms with E-state index in [2.05, 4.69) is 18.7 Å². The number of carbonyl (C=O) groups excluding carboxylic acids is 2. The summed E-state index contributed by atoms with van der Waals surface area (Å²) in [4.78, 5) is 29.8. The van der Waals surface area contributed by atoms with Gasteiger partial charge in [-0.05, 0) is 62.0 Å². The van der Waals surface area contributed by atoms with Gasteiger partial charge in [0, 0.05) is 23.7 Å². The van der Waals surface area contributed by atoms with Crippen molar-refractivity contribution in [3.05, 3.63) is 70.3 Å². The van der Waals surface area contributed by atoms with Crippen LogP contribution in [0.15, 0.2) is 54.1 Å². The monoisotopic (exact) mass is 456 g/mol. The molecule has 3 rings (SSSR count). The second-order valence-electron chi connectivity index (χ2n) is 7.53. The van der Waals surface area contributed by atoms with E-state index in [4.69, 9.17) is 16.3 Å². The maximum Gasteiger partial charge on any atom is 0.295 e. The van der Waals surface area contributed by atoms with Crippen LogP contribution in [0.5, 0.6) is 5.75 Å². The third kappa shape index (κ3) is 4.97. The maximum absolute atomic E-state index is 13.1. The molecule has 0 radical (unpaired) electrons. The highest BCUT2D eigenvalue weighted by molar-refractivity contribution is 6.46. The molecule has 1 fully saturated rings. The summed E-state index contributed by atoms with van der Waals surface area (Å²) < 4.78 is 5.45. The second kappa shape index (κ2) is 10.7. The largest absolute Gasteiger partial charge is 0.507 e. The number of likely N-dealkylation sites (tertiary alicyclic amines) is 1. The Kier molecular flexibility index (Phi) is 7.94. The van der Waals surface area contributed by atoms with Crippen molar-refractivity contribution in [2.24, 2.45) is 0 Å². The molecule has 7 heteroatoms. The number of carbonyl (C=O) groups is 2. The predicted octanol–water partition coefficient (Wildman–Crippen LogP) is 4.50. The summed E-state index contributed by atoms with van der Waals surface area (Å²) in [5, 5.41) is 11.7. The maximum atomic E-state index is 13.1. The van der Waals surface area contributed by atoms with Gasteiger partial charge in [0.05, 0.1) is 18.2 Å². The number of halogens is 1. The summed E-state index contributed by atoms with van der Waals surface area (Å²) >= 11 is 6.06. The topological polar surface area (TPSA) is 70.1 Å². The predicted molar refractivity (Wildman–Crippen MR) is 126 cm³/mol. The van der Waals surface area contributed by atoms with Crippen molar-refractivity contribution in [1.82, 2.24) is 9.80 Å². The number of benzene rings is 2. The molecule has 1 atom stereocenters. The number of nitrogens with zero attached hydrogens (tertiary/aromatic N) is 2. The van der Waals surface area contributed by atoms with Gasteiger partial charge in [0.1, 0.15) is 11.5 Å². The minimum absolute atomic E-state index is 0.0843. The van der Waals surface area contributed by atoms with Crippen molar-refractivity contribution < 1.29 is 19.4 Å². The molecule has 1 unspecified atom stereocenters. The Bertz CT molecular complexity index is 982. The third-order valence-electron chi connectivity index (χ3n) is 5.72. The van der Waals surface area contributed by atoms with Crippen LogP contribution >= 0.6 is 11.6 Å². The molecule has 2 aromatic rings. The molecule has 0 saturated carbocycles. The van der Waals surface area contributed by atoms with Crippen LogP contribution in [0.25, 0.3) is 5.76 Å². The van der Waals surface area contributed by atoms with Crippen LogP contribution in [0, 0.1) is 0 Å². The van der Waals surface area contributed by atoms with Crippen molar-refractivity contribution in [3.63, 3.8) is 0 Å². The molecule has 1 heterocycles. The molecule has 1 saturated heterocycles. The van der Waals surface area contributed by atoms with E-state index in [-0.39, 0.29) is 11.3 Å². The summed E-state index contributed by atoms with van der Waals surface area (Å²) in [7, 11) is 0. The van der Waals surface area contributed by atoms with Crippen molar-refractivity contribution in [1.29, 1.82) is 0 Å². The molecule has 6 nitrogen and oxygen atoms in total. The normalized spacial score (nSPS) is 17.9. The van der Waals surface area contributed by atoms with Gasteiger partial charge in [-0.1, -0.05) is 37.6 Å². The Morgan fingerprint density at radius 2 is 1.66 bits per heavy atom. The lowest BCUT2D eigenvalue weighted by atomic mass is 9.95. The Morgan fingerprint density at radius 1 is 1.03 bits per heavy atom. The van der Waals surface area contributed by atoms with E-state index in [1.807, 2.05) is 6.92 Å². The number of rotatable bonds is 9. The number of hydrogen-bond acceptors (Lipinski definition) is 5. The summed E-state index contributed by atoms with van der Waals surface area (Å²) in [6.45, 7) is 9.23. The van der Waals surface area contributed by atoms with Crippen molar-refractivity contribution in [2.75, 3.05) is 32.8 Å². The Hall–Kier alpha value is -2.83. The van der Waals surface area contributed by atoms with E-state index in [0.717, 1.165) is 18.7 Å². The first-order chi connectivity index (χ1) is 15.4. The van der Waals surface area contributed by atoms with Gasteiger partial charge in [-0.3, -0.25) is 9.59 Å². The van der Waals surface area contributed by atoms with Gasteiger partial charge in [0.2, 0.25) is 0 Å². The molecule has 0 bridgehead atoms. The van der Waals surface area contributed by atoms with Crippen molar-refractivity contribution in [2.45, 2.75) is 26.8 Å². The van der Waals surface area contributed by atoms with E-state index in [1.165, 1.54) is 0 Å². The molecule has 1 N–H and O–H groups in total. The molecule has 1 aliphatic heterocycles. The first kappa shape index (κ1) is 23.8. The molecular weight excluding hydrogens is 428 g/mol. The zero-order valence-electron chi connectivity index (χ0n) is 18.7. The van der Waals surface area contributed by atoms with Crippen LogP contribution in [0.2, 0.25) is 5.02 Å². The molecular formula is C25H29ClN2O4. The Morgan fingerprint density at radius 3 is 2.22 bits per heavy atom. The Labute approximate surface area is 194 Å². The quantitative estimate of drug-likeness (QED) is 0.341. The van der Waals surface area contributed by atoms with Gasteiger partial charge in [-0.15, -0.1) is 0 Å². The second-order valence-corrected chi connectivity index (χ2v) is 7.96. The van der Waals surface area contributed by atoms with Crippen LogP contribution in [0.3, 0.4) is 0 Å². The molecule has 2 aromatic carbocycles. The standard InChI is InChI=1S/C25H29ClN2O4/c1-4-27(5-2)15-16-28-22(17-7-11-19(26)12-8-17)21(24(30)25(28)31)23(29)18-9-13-20(14-10-18)32-6-3/h7-14,22,29H,4-6,15-16H2,1-3H3/b23-21-. The van der Waals surface area contributed by atoms with E-state index < -0.39 is 17.7 Å². The van der Waals surface area contributed by atoms with Gasteiger partial charge in [-0.25, -0.2) is 0 Å². The summed E-state index contributed by atoms with van der Waals surface area (Å²) in [6, 6.07) is 13.2. The highest BCUT2D eigenvalue weighted by Crippen LogP contribution is 2.39. The molecule has 0 aliphatic carbocycles. The van der Waals surface area contributed by atoms with Gasteiger partial charge in [0.25, 0.3) is 11.7 Å². The van der Waals surface area contributed by atoms with E-state index in [1.54, 1.807) is 53.4 Å². The third-order valence-corrected chi connectivity index (χ3v) is 5.97. The highest BCUT2D eigenvalue weighted by Gasteiger charge is 2.45. The number of Topliss-reactive ketones (excluding diaryl/α,β-unsaturated/α-hetero) is 1. The average molecular weight is 457 g/mol. The van der Waals surface area contributed by atoms with Crippen molar-refractivity contribution in [3.8, 4) is 5.75 Å². The first-order valence-electron chi connectivity index (χ1n) is 10.9. The van der Waals surface area contributed by atoms with Gasteiger partial charge in [0.15, 0.2) is 0 Å². The SMILES string of the molecule is CCOc1ccc(/C(O)=C2/C(=O)C(=O)N(CCN(CC)CC)C2c2ccc(Cl)cc2)cc1. The van der Waals surface area contributed by atoms with E-state index in [0.29, 0.717) is 36.0 Å². The smallest absolute Gasteiger partial charge is 0.295 e. The van der Waals surface area contributed by atoms with Gasteiger partial charge >= 0.3 is 0 Å².